The Balaban J connectivity index is 2.24. The van der Waals surface area contributed by atoms with Gasteiger partial charge in [0.05, 0.1) is 16.8 Å². The number of amides is 1. The lowest BCUT2D eigenvalue weighted by Crippen LogP contribution is -2.41. The number of nitrogens with zero attached hydrogens (tertiary/aromatic N) is 1. The van der Waals surface area contributed by atoms with E-state index >= 15 is 0 Å². The van der Waals surface area contributed by atoms with Crippen LogP contribution in [0.1, 0.15) is 27.7 Å². The topological polar surface area (TPSA) is 60.5 Å². The van der Waals surface area contributed by atoms with Gasteiger partial charge in [0.2, 0.25) is 6.41 Å². The van der Waals surface area contributed by atoms with Gasteiger partial charge in [-0.3, -0.25) is 9.78 Å². The number of pyridine rings is 1. The van der Waals surface area contributed by atoms with Crippen molar-refractivity contribution >= 4 is 24.8 Å². The van der Waals surface area contributed by atoms with Crippen molar-refractivity contribution in [2.24, 2.45) is 0 Å². The van der Waals surface area contributed by atoms with Gasteiger partial charge in [-0.2, -0.15) is 0 Å². The Hall–Kier alpha value is -1.40. The van der Waals surface area contributed by atoms with E-state index in [1.54, 1.807) is 18.3 Å². The average Bonchev–Trinajstić information content (AvgIpc) is 2.49. The van der Waals surface area contributed by atoms with Crippen molar-refractivity contribution in [2.75, 3.05) is 5.32 Å². The minimum absolute atomic E-state index is 0.395. The highest BCUT2D eigenvalue weighted by Crippen LogP contribution is 2.36. The molecule has 1 aliphatic heterocycles. The largest absolute Gasteiger partial charge is 0.514 e. The maximum absolute atomic E-state index is 10.4. The van der Waals surface area contributed by atoms with Crippen LogP contribution >= 0.6 is 0 Å². The van der Waals surface area contributed by atoms with Crippen LogP contribution in [0.15, 0.2) is 18.3 Å². The molecule has 1 saturated heterocycles. The molecule has 0 aromatic carbocycles. The Bertz CT molecular complexity index is 446. The first-order chi connectivity index (χ1) is 8.36. The summed E-state index contributed by atoms with van der Waals surface area (Å²) in [6.45, 7) is 7.95. The van der Waals surface area contributed by atoms with Crippen molar-refractivity contribution in [3.8, 4) is 0 Å². The number of rotatable bonds is 3. The zero-order valence-electron chi connectivity index (χ0n) is 11.1. The summed E-state index contributed by atoms with van der Waals surface area (Å²) < 4.78 is 11.8. The minimum Gasteiger partial charge on any atom is -0.398 e. The van der Waals surface area contributed by atoms with Gasteiger partial charge in [0.25, 0.3) is 0 Å². The predicted molar refractivity (Wildman–Crippen MR) is 69.6 cm³/mol. The van der Waals surface area contributed by atoms with Crippen molar-refractivity contribution in [3.05, 3.63) is 18.3 Å². The van der Waals surface area contributed by atoms with Crippen LogP contribution in [0.4, 0.5) is 5.69 Å². The van der Waals surface area contributed by atoms with E-state index in [-0.39, 0.29) is 0 Å². The number of carbonyl (C=O) groups excluding carboxylic acids is 1. The molecule has 1 aromatic rings. The molecular weight excluding hydrogens is 231 g/mol. The van der Waals surface area contributed by atoms with Crippen LogP contribution in [-0.4, -0.2) is 29.7 Å². The molecular formula is C12H17BN2O3. The van der Waals surface area contributed by atoms with Gasteiger partial charge < -0.3 is 14.6 Å². The third-order valence-corrected chi connectivity index (χ3v) is 3.50. The summed E-state index contributed by atoms with van der Waals surface area (Å²) in [7, 11) is -0.511. The SMILES string of the molecule is CC1(C)OB(c2cc(NC=O)ccn2)OC1(C)C. The zero-order chi connectivity index (χ0) is 13.4. The summed E-state index contributed by atoms with van der Waals surface area (Å²) in [4.78, 5) is 14.6. The van der Waals surface area contributed by atoms with Crippen LogP contribution in [0, 0.1) is 0 Å². The summed E-state index contributed by atoms with van der Waals surface area (Å²) in [6, 6.07) is 3.46. The van der Waals surface area contributed by atoms with E-state index in [2.05, 4.69) is 10.3 Å². The van der Waals surface area contributed by atoms with Gasteiger partial charge in [-0.25, -0.2) is 0 Å². The second-order valence-corrected chi connectivity index (χ2v) is 5.32. The number of hydrogen-bond acceptors (Lipinski definition) is 4. The third kappa shape index (κ3) is 2.26. The zero-order valence-corrected chi connectivity index (χ0v) is 11.1. The molecule has 1 N–H and O–H groups in total. The van der Waals surface area contributed by atoms with Crippen molar-refractivity contribution in [1.82, 2.24) is 4.98 Å². The van der Waals surface area contributed by atoms with Gasteiger partial charge in [-0.1, -0.05) is 0 Å². The second kappa shape index (κ2) is 4.37. The van der Waals surface area contributed by atoms with E-state index in [4.69, 9.17) is 9.31 Å². The fourth-order valence-electron chi connectivity index (χ4n) is 1.70. The van der Waals surface area contributed by atoms with Crippen molar-refractivity contribution in [3.63, 3.8) is 0 Å². The van der Waals surface area contributed by atoms with E-state index < -0.39 is 18.3 Å². The molecule has 1 aromatic heterocycles. The number of aromatic nitrogens is 1. The van der Waals surface area contributed by atoms with Gasteiger partial charge in [-0.15, -0.1) is 0 Å². The molecule has 1 aliphatic rings. The molecule has 6 heteroatoms. The molecule has 0 unspecified atom stereocenters. The van der Waals surface area contributed by atoms with Crippen LogP contribution in [-0.2, 0) is 14.1 Å². The highest BCUT2D eigenvalue weighted by molar-refractivity contribution is 6.61. The van der Waals surface area contributed by atoms with Crippen molar-refractivity contribution in [2.45, 2.75) is 38.9 Å². The van der Waals surface area contributed by atoms with Gasteiger partial charge in [0, 0.05) is 11.9 Å². The highest BCUT2D eigenvalue weighted by Gasteiger charge is 2.52. The summed E-state index contributed by atoms with van der Waals surface area (Å²) in [5.74, 6) is 0. The molecule has 0 radical (unpaired) electrons. The van der Waals surface area contributed by atoms with Crippen molar-refractivity contribution < 1.29 is 14.1 Å². The molecule has 0 spiro atoms. The highest BCUT2D eigenvalue weighted by atomic mass is 16.7. The first-order valence-electron chi connectivity index (χ1n) is 5.87. The molecule has 5 nitrogen and oxygen atoms in total. The van der Waals surface area contributed by atoms with Crippen LogP contribution in [0.5, 0.6) is 0 Å². The maximum Gasteiger partial charge on any atom is 0.514 e. The lowest BCUT2D eigenvalue weighted by Gasteiger charge is -2.32. The van der Waals surface area contributed by atoms with E-state index in [1.165, 1.54) is 0 Å². The van der Waals surface area contributed by atoms with Crippen LogP contribution in [0.25, 0.3) is 0 Å². The summed E-state index contributed by atoms with van der Waals surface area (Å²) in [6.07, 6.45) is 2.25. The van der Waals surface area contributed by atoms with Crippen molar-refractivity contribution in [1.29, 1.82) is 0 Å². The molecule has 1 amide bonds. The average molecular weight is 248 g/mol. The summed E-state index contributed by atoms with van der Waals surface area (Å²) in [5.41, 5.74) is 0.533. The second-order valence-electron chi connectivity index (χ2n) is 5.32. The first kappa shape index (κ1) is 13.0. The minimum atomic E-state index is -0.511. The normalized spacial score (nSPS) is 20.8. The molecule has 0 bridgehead atoms. The van der Waals surface area contributed by atoms with Gasteiger partial charge in [0.15, 0.2) is 0 Å². The molecule has 0 aliphatic carbocycles. The Kier molecular flexibility index (Phi) is 3.17. The van der Waals surface area contributed by atoms with E-state index in [0.717, 1.165) is 0 Å². The number of nitrogens with one attached hydrogen (secondary N) is 1. The Labute approximate surface area is 107 Å². The van der Waals surface area contributed by atoms with Gasteiger partial charge in [0.1, 0.15) is 0 Å². The fourth-order valence-corrected chi connectivity index (χ4v) is 1.70. The lowest BCUT2D eigenvalue weighted by molar-refractivity contribution is -0.105. The number of hydrogen-bond donors (Lipinski definition) is 1. The maximum atomic E-state index is 10.4. The van der Waals surface area contributed by atoms with Gasteiger partial charge >= 0.3 is 7.12 Å². The van der Waals surface area contributed by atoms with Crippen LogP contribution in [0.2, 0.25) is 0 Å². The standard InChI is InChI=1S/C12H17BN2O3/c1-11(2)12(3,4)18-13(17-11)10-7-9(15-8-16)5-6-14-10/h5-8H,1-4H3,(H,14,15,16). The van der Waals surface area contributed by atoms with E-state index in [1.807, 2.05) is 27.7 Å². The van der Waals surface area contributed by atoms with E-state index in [9.17, 15) is 4.79 Å². The third-order valence-electron chi connectivity index (χ3n) is 3.50. The van der Waals surface area contributed by atoms with Gasteiger partial charge in [-0.05, 0) is 39.8 Å². The summed E-state index contributed by atoms with van der Waals surface area (Å²) >= 11 is 0. The molecule has 2 rings (SSSR count). The monoisotopic (exact) mass is 248 g/mol. The molecule has 0 atom stereocenters. The summed E-state index contributed by atoms with van der Waals surface area (Å²) in [5, 5.41) is 2.58. The fraction of sp³-hybridized carbons (Fsp3) is 0.500. The molecule has 1 fully saturated rings. The Morgan fingerprint density at radius 2 is 1.89 bits per heavy atom. The molecule has 2 heterocycles. The Morgan fingerprint density at radius 3 is 2.44 bits per heavy atom. The first-order valence-corrected chi connectivity index (χ1v) is 5.87. The van der Waals surface area contributed by atoms with Crippen LogP contribution in [0.3, 0.4) is 0 Å². The smallest absolute Gasteiger partial charge is 0.398 e. The van der Waals surface area contributed by atoms with E-state index in [0.29, 0.717) is 17.7 Å². The Morgan fingerprint density at radius 1 is 1.28 bits per heavy atom. The molecule has 0 saturated carbocycles. The van der Waals surface area contributed by atoms with Crippen LogP contribution < -0.4 is 10.9 Å². The quantitative estimate of drug-likeness (QED) is 0.639. The molecule has 96 valence electrons. The lowest BCUT2D eigenvalue weighted by atomic mass is 9.84. The number of anilines is 1. The molecule has 18 heavy (non-hydrogen) atoms. The number of carbonyl (C=O) groups is 1. The predicted octanol–water partition coefficient (Wildman–Crippen LogP) is 0.949.